The first kappa shape index (κ1) is 16.9. The first-order chi connectivity index (χ1) is 11.1. The Morgan fingerprint density at radius 2 is 1.96 bits per heavy atom. The third kappa shape index (κ3) is 3.76. The molecule has 0 amide bonds. The van der Waals surface area contributed by atoms with Crippen LogP contribution < -0.4 is 0 Å². The number of aliphatic hydroxyl groups is 1. The topological polar surface area (TPSA) is 53.8 Å². The summed E-state index contributed by atoms with van der Waals surface area (Å²) in [5.74, 6) is 0. The monoisotopic (exact) mass is 322 g/mol. The number of rotatable bonds is 5. The Kier molecular flexibility index (Phi) is 5.36. The Balaban J connectivity index is 1.62. The molecule has 1 aromatic heterocycles. The SMILES string of the molecule is Cc1nn(C)c(C)c1C1CCCN1CC(O)CN1CCOCC1. The molecule has 2 fully saturated rings. The maximum absolute atomic E-state index is 10.5. The molecule has 0 saturated carbocycles. The van der Waals surface area contributed by atoms with E-state index in [2.05, 4.69) is 28.7 Å². The first-order valence-electron chi connectivity index (χ1n) is 8.78. The molecule has 2 unspecified atom stereocenters. The van der Waals surface area contributed by atoms with Gasteiger partial charge in [-0.05, 0) is 33.2 Å². The summed E-state index contributed by atoms with van der Waals surface area (Å²) in [4.78, 5) is 4.75. The van der Waals surface area contributed by atoms with Gasteiger partial charge in [0, 0.05) is 50.5 Å². The van der Waals surface area contributed by atoms with E-state index in [4.69, 9.17) is 4.74 Å². The van der Waals surface area contributed by atoms with Gasteiger partial charge in [0.1, 0.15) is 0 Å². The number of likely N-dealkylation sites (tertiary alicyclic amines) is 1. The second kappa shape index (κ2) is 7.30. The standard InChI is InChI=1S/C17H30N4O2/c1-13-17(14(2)19(3)18-13)16-5-4-6-21(16)12-15(22)11-20-7-9-23-10-8-20/h15-16,22H,4-12H2,1-3H3. The molecular formula is C17H30N4O2. The van der Waals surface area contributed by atoms with Gasteiger partial charge < -0.3 is 9.84 Å². The number of nitrogens with zero attached hydrogens (tertiary/aromatic N) is 4. The second-order valence-electron chi connectivity index (χ2n) is 6.93. The first-order valence-corrected chi connectivity index (χ1v) is 8.78. The van der Waals surface area contributed by atoms with Crippen molar-refractivity contribution in [1.29, 1.82) is 0 Å². The molecule has 2 saturated heterocycles. The Hall–Kier alpha value is -0.950. The van der Waals surface area contributed by atoms with Crippen LogP contribution in [0.3, 0.4) is 0 Å². The van der Waals surface area contributed by atoms with Gasteiger partial charge in [-0.1, -0.05) is 0 Å². The van der Waals surface area contributed by atoms with Crippen molar-refractivity contribution in [2.24, 2.45) is 7.05 Å². The van der Waals surface area contributed by atoms with E-state index in [9.17, 15) is 5.11 Å². The number of hydrogen-bond donors (Lipinski definition) is 1. The van der Waals surface area contributed by atoms with Crippen LogP contribution in [0.1, 0.15) is 35.8 Å². The van der Waals surface area contributed by atoms with Gasteiger partial charge in [0.2, 0.25) is 0 Å². The molecule has 6 nitrogen and oxygen atoms in total. The largest absolute Gasteiger partial charge is 0.390 e. The Labute approximate surface area is 139 Å². The van der Waals surface area contributed by atoms with Crippen molar-refractivity contribution in [2.75, 3.05) is 45.9 Å². The minimum Gasteiger partial charge on any atom is -0.390 e. The smallest absolute Gasteiger partial charge is 0.0794 e. The summed E-state index contributed by atoms with van der Waals surface area (Å²) < 4.78 is 7.35. The summed E-state index contributed by atoms with van der Waals surface area (Å²) in [6.45, 7) is 10.2. The van der Waals surface area contributed by atoms with Crippen LogP contribution in [0, 0.1) is 13.8 Å². The molecule has 6 heteroatoms. The summed E-state index contributed by atoms with van der Waals surface area (Å²) in [6.07, 6.45) is 2.06. The number of aryl methyl sites for hydroxylation is 2. The summed E-state index contributed by atoms with van der Waals surface area (Å²) in [7, 11) is 2.01. The molecule has 3 rings (SSSR count). The lowest BCUT2D eigenvalue weighted by Crippen LogP contribution is -2.44. The lowest BCUT2D eigenvalue weighted by Gasteiger charge is -2.32. The Bertz CT molecular complexity index is 525. The highest BCUT2D eigenvalue weighted by atomic mass is 16.5. The van der Waals surface area contributed by atoms with E-state index >= 15 is 0 Å². The average molecular weight is 322 g/mol. The lowest BCUT2D eigenvalue weighted by molar-refractivity contribution is 0.00581. The van der Waals surface area contributed by atoms with Crippen molar-refractivity contribution >= 4 is 0 Å². The van der Waals surface area contributed by atoms with Crippen molar-refractivity contribution in [2.45, 2.75) is 38.8 Å². The Morgan fingerprint density at radius 3 is 2.61 bits per heavy atom. The van der Waals surface area contributed by atoms with Crippen LogP contribution in [0.4, 0.5) is 0 Å². The summed E-state index contributed by atoms with van der Waals surface area (Å²) in [5, 5.41) is 15.1. The van der Waals surface area contributed by atoms with Gasteiger partial charge in [-0.15, -0.1) is 0 Å². The second-order valence-corrected chi connectivity index (χ2v) is 6.93. The molecule has 0 aliphatic carbocycles. The fourth-order valence-corrected chi connectivity index (χ4v) is 4.05. The number of morpholine rings is 1. The van der Waals surface area contributed by atoms with E-state index in [0.717, 1.165) is 58.1 Å². The molecule has 3 heterocycles. The minimum absolute atomic E-state index is 0.300. The van der Waals surface area contributed by atoms with Crippen molar-refractivity contribution in [3.05, 3.63) is 17.0 Å². The van der Waals surface area contributed by atoms with Crippen LogP contribution in [-0.2, 0) is 11.8 Å². The summed E-state index contributed by atoms with van der Waals surface area (Å²) >= 11 is 0. The highest BCUT2D eigenvalue weighted by molar-refractivity contribution is 5.29. The molecule has 0 aromatic carbocycles. The third-order valence-electron chi connectivity index (χ3n) is 5.28. The number of ether oxygens (including phenoxy) is 1. The molecule has 0 spiro atoms. The van der Waals surface area contributed by atoms with Crippen LogP contribution in [0.15, 0.2) is 0 Å². The zero-order valence-corrected chi connectivity index (χ0v) is 14.7. The van der Waals surface area contributed by atoms with Crippen LogP contribution in [0.25, 0.3) is 0 Å². The summed E-state index contributed by atoms with van der Waals surface area (Å²) in [5.41, 5.74) is 3.75. The van der Waals surface area contributed by atoms with E-state index in [-0.39, 0.29) is 6.10 Å². The van der Waals surface area contributed by atoms with E-state index in [1.54, 1.807) is 0 Å². The van der Waals surface area contributed by atoms with E-state index in [1.807, 2.05) is 11.7 Å². The summed E-state index contributed by atoms with van der Waals surface area (Å²) in [6, 6.07) is 0.406. The fourth-order valence-electron chi connectivity index (χ4n) is 4.05. The molecule has 2 aliphatic heterocycles. The van der Waals surface area contributed by atoms with Crippen molar-refractivity contribution in [3.8, 4) is 0 Å². The van der Waals surface area contributed by atoms with E-state index in [1.165, 1.54) is 17.7 Å². The molecule has 2 aliphatic rings. The molecule has 2 atom stereocenters. The van der Waals surface area contributed by atoms with Crippen molar-refractivity contribution in [3.63, 3.8) is 0 Å². The average Bonchev–Trinajstić information content (AvgIpc) is 3.05. The molecule has 23 heavy (non-hydrogen) atoms. The van der Waals surface area contributed by atoms with E-state index < -0.39 is 0 Å². The number of β-amino-alcohol motifs (C(OH)–C–C–N with tert-alkyl or cyclic N) is 1. The maximum Gasteiger partial charge on any atom is 0.0794 e. The Morgan fingerprint density at radius 1 is 1.22 bits per heavy atom. The lowest BCUT2D eigenvalue weighted by atomic mass is 10.0. The zero-order chi connectivity index (χ0) is 16.4. The highest BCUT2D eigenvalue weighted by Gasteiger charge is 2.31. The zero-order valence-electron chi connectivity index (χ0n) is 14.7. The van der Waals surface area contributed by atoms with Gasteiger partial charge in [0.15, 0.2) is 0 Å². The number of aromatic nitrogens is 2. The molecular weight excluding hydrogens is 292 g/mol. The van der Waals surface area contributed by atoms with Gasteiger partial charge in [-0.25, -0.2) is 0 Å². The maximum atomic E-state index is 10.5. The molecule has 0 radical (unpaired) electrons. The number of aliphatic hydroxyl groups excluding tert-OH is 1. The van der Waals surface area contributed by atoms with E-state index in [0.29, 0.717) is 6.04 Å². The van der Waals surface area contributed by atoms with Crippen molar-refractivity contribution < 1.29 is 9.84 Å². The number of hydrogen-bond acceptors (Lipinski definition) is 5. The van der Waals surface area contributed by atoms with Crippen LogP contribution in [0.5, 0.6) is 0 Å². The minimum atomic E-state index is -0.300. The predicted molar refractivity (Wildman–Crippen MR) is 89.5 cm³/mol. The van der Waals surface area contributed by atoms with Gasteiger partial charge in [-0.2, -0.15) is 5.10 Å². The fraction of sp³-hybridized carbons (Fsp3) is 0.824. The van der Waals surface area contributed by atoms with Crippen LogP contribution in [-0.4, -0.2) is 76.7 Å². The van der Waals surface area contributed by atoms with Gasteiger partial charge in [0.05, 0.1) is 25.0 Å². The van der Waals surface area contributed by atoms with Crippen LogP contribution in [0.2, 0.25) is 0 Å². The van der Waals surface area contributed by atoms with Crippen molar-refractivity contribution in [1.82, 2.24) is 19.6 Å². The third-order valence-corrected chi connectivity index (χ3v) is 5.28. The predicted octanol–water partition coefficient (Wildman–Crippen LogP) is 0.867. The molecule has 1 aromatic rings. The van der Waals surface area contributed by atoms with Gasteiger partial charge in [0.25, 0.3) is 0 Å². The normalized spacial score (nSPS) is 25.1. The highest BCUT2D eigenvalue weighted by Crippen LogP contribution is 2.35. The van der Waals surface area contributed by atoms with Gasteiger partial charge in [-0.3, -0.25) is 14.5 Å². The molecule has 130 valence electrons. The molecule has 1 N–H and O–H groups in total. The van der Waals surface area contributed by atoms with Crippen LogP contribution >= 0.6 is 0 Å². The quantitative estimate of drug-likeness (QED) is 0.872. The van der Waals surface area contributed by atoms with Gasteiger partial charge >= 0.3 is 0 Å². The molecule has 0 bridgehead atoms.